The zero-order valence-electron chi connectivity index (χ0n) is 17.3. The molecule has 4 nitrogen and oxygen atoms in total. The van der Waals surface area contributed by atoms with Crippen molar-refractivity contribution < 1.29 is 9.90 Å². The van der Waals surface area contributed by atoms with Crippen LogP contribution in [0, 0.1) is 16.7 Å². The molecule has 1 aliphatic rings. The minimum Gasteiger partial charge on any atom is -0.481 e. The first-order valence-electron chi connectivity index (χ1n) is 9.65. The number of hydrogen-bond donors (Lipinski definition) is 1. The lowest BCUT2D eigenvalue weighted by Crippen LogP contribution is -2.37. The van der Waals surface area contributed by atoms with Crippen molar-refractivity contribution in [3.05, 3.63) is 64.7 Å². The number of carbonyl (C=O) groups is 1. The first kappa shape index (κ1) is 19.9. The van der Waals surface area contributed by atoms with Crippen molar-refractivity contribution in [3.8, 4) is 6.07 Å². The van der Waals surface area contributed by atoms with Crippen molar-refractivity contribution >= 4 is 11.7 Å². The first-order valence-corrected chi connectivity index (χ1v) is 9.65. The van der Waals surface area contributed by atoms with Crippen LogP contribution in [0.1, 0.15) is 62.4 Å². The summed E-state index contributed by atoms with van der Waals surface area (Å²) in [5.41, 5.74) is 4.43. The number of carboxylic acids is 1. The number of carboxylic acid groups (broad SMARTS) is 1. The number of hydrogen-bond acceptors (Lipinski definition) is 3. The molecule has 1 heterocycles. The molecule has 2 aromatic carbocycles. The summed E-state index contributed by atoms with van der Waals surface area (Å²) in [6, 6.07) is 16.7. The predicted molar refractivity (Wildman–Crippen MR) is 112 cm³/mol. The lowest BCUT2D eigenvalue weighted by atomic mass is 9.72. The maximum atomic E-state index is 11.5. The van der Waals surface area contributed by atoms with Crippen LogP contribution in [0.2, 0.25) is 0 Å². The fourth-order valence-corrected chi connectivity index (χ4v) is 4.19. The topological polar surface area (TPSA) is 64.3 Å². The van der Waals surface area contributed by atoms with E-state index in [1.54, 1.807) is 13.8 Å². The molecule has 28 heavy (non-hydrogen) atoms. The van der Waals surface area contributed by atoms with Crippen LogP contribution in [0.25, 0.3) is 0 Å². The van der Waals surface area contributed by atoms with Crippen molar-refractivity contribution in [2.24, 2.45) is 5.41 Å². The lowest BCUT2D eigenvalue weighted by Gasteiger charge is -2.44. The van der Waals surface area contributed by atoms with Crippen LogP contribution in [-0.4, -0.2) is 18.1 Å². The molecule has 2 aromatic rings. The van der Waals surface area contributed by atoms with Gasteiger partial charge in [0.15, 0.2) is 0 Å². The van der Waals surface area contributed by atoms with Crippen LogP contribution in [-0.2, 0) is 16.6 Å². The SMILES string of the molecule is CN1c2ccc(C#N)cc2C(C)(C)CC1c1cccc(CC(C)(C)C(=O)O)c1. The summed E-state index contributed by atoms with van der Waals surface area (Å²) in [7, 11) is 2.10. The molecule has 0 bridgehead atoms. The third kappa shape index (κ3) is 3.62. The molecule has 1 N–H and O–H groups in total. The monoisotopic (exact) mass is 376 g/mol. The molecule has 0 aliphatic carbocycles. The van der Waals surface area contributed by atoms with Crippen LogP contribution in [0.5, 0.6) is 0 Å². The normalized spacial score (nSPS) is 18.3. The van der Waals surface area contributed by atoms with Gasteiger partial charge in [-0.3, -0.25) is 4.79 Å². The van der Waals surface area contributed by atoms with Crippen LogP contribution >= 0.6 is 0 Å². The Hall–Kier alpha value is -2.80. The number of rotatable bonds is 4. The van der Waals surface area contributed by atoms with Gasteiger partial charge in [0.1, 0.15) is 0 Å². The maximum absolute atomic E-state index is 11.5. The fourth-order valence-electron chi connectivity index (χ4n) is 4.19. The molecule has 0 amide bonds. The molecule has 0 saturated heterocycles. The van der Waals surface area contributed by atoms with Gasteiger partial charge in [0, 0.05) is 12.7 Å². The third-order valence-corrected chi connectivity index (χ3v) is 5.97. The van der Waals surface area contributed by atoms with Crippen molar-refractivity contribution in [1.29, 1.82) is 5.26 Å². The quantitative estimate of drug-likeness (QED) is 0.809. The van der Waals surface area contributed by atoms with Crippen LogP contribution in [0.15, 0.2) is 42.5 Å². The Labute approximate surface area is 167 Å². The second kappa shape index (κ2) is 6.98. The fraction of sp³-hybridized carbons (Fsp3) is 0.417. The second-order valence-electron chi connectivity index (χ2n) is 9.17. The van der Waals surface area contributed by atoms with Gasteiger partial charge in [-0.15, -0.1) is 0 Å². The smallest absolute Gasteiger partial charge is 0.309 e. The van der Waals surface area contributed by atoms with Crippen molar-refractivity contribution in [3.63, 3.8) is 0 Å². The predicted octanol–water partition coefficient (Wildman–Crippen LogP) is 5.07. The van der Waals surface area contributed by atoms with Crippen molar-refractivity contribution in [1.82, 2.24) is 0 Å². The average molecular weight is 377 g/mol. The molecule has 4 heteroatoms. The Bertz CT molecular complexity index is 953. The van der Waals surface area contributed by atoms with Gasteiger partial charge in [-0.25, -0.2) is 0 Å². The van der Waals surface area contributed by atoms with Gasteiger partial charge >= 0.3 is 5.97 Å². The van der Waals surface area contributed by atoms with Gasteiger partial charge in [-0.05, 0) is 67.0 Å². The van der Waals surface area contributed by atoms with E-state index in [0.717, 1.165) is 17.7 Å². The number of aliphatic carboxylic acids is 1. The second-order valence-corrected chi connectivity index (χ2v) is 9.17. The number of nitriles is 1. The number of benzene rings is 2. The number of anilines is 1. The largest absolute Gasteiger partial charge is 0.481 e. The van der Waals surface area contributed by atoms with Crippen molar-refractivity contribution in [2.45, 2.75) is 52.0 Å². The van der Waals surface area contributed by atoms with Crippen LogP contribution in [0.3, 0.4) is 0 Å². The van der Waals surface area contributed by atoms with Gasteiger partial charge in [-0.1, -0.05) is 38.1 Å². The third-order valence-electron chi connectivity index (χ3n) is 5.97. The van der Waals surface area contributed by atoms with E-state index < -0.39 is 11.4 Å². The molecule has 0 saturated carbocycles. The highest BCUT2D eigenvalue weighted by molar-refractivity contribution is 5.74. The van der Waals surface area contributed by atoms with E-state index in [-0.39, 0.29) is 11.5 Å². The molecule has 1 aliphatic heterocycles. The molecule has 1 atom stereocenters. The average Bonchev–Trinajstić information content (AvgIpc) is 2.64. The van der Waals surface area contributed by atoms with Gasteiger partial charge in [0.05, 0.1) is 23.1 Å². The standard InChI is InChI=1S/C24H28N2O2/c1-23(2)14-21(26(5)20-10-9-17(15-25)12-19(20)23)18-8-6-7-16(11-18)13-24(3,4)22(27)28/h6-12,21H,13-14H2,1-5H3,(H,27,28). The Morgan fingerprint density at radius 1 is 1.29 bits per heavy atom. The zero-order chi connectivity index (χ0) is 20.7. The molecule has 146 valence electrons. The molecular formula is C24H28N2O2. The van der Waals surface area contributed by atoms with E-state index in [9.17, 15) is 15.2 Å². The Balaban J connectivity index is 1.98. The summed E-state index contributed by atoms with van der Waals surface area (Å²) < 4.78 is 0. The van der Waals surface area contributed by atoms with E-state index >= 15 is 0 Å². The van der Waals surface area contributed by atoms with E-state index in [2.05, 4.69) is 44.0 Å². The van der Waals surface area contributed by atoms with Gasteiger partial charge in [-0.2, -0.15) is 5.26 Å². The van der Waals surface area contributed by atoms with Crippen molar-refractivity contribution in [2.75, 3.05) is 11.9 Å². The van der Waals surface area contributed by atoms with E-state index in [0.29, 0.717) is 12.0 Å². The Morgan fingerprint density at radius 3 is 2.64 bits per heavy atom. The summed E-state index contributed by atoms with van der Waals surface area (Å²) in [6.45, 7) is 7.98. The molecule has 0 spiro atoms. The summed E-state index contributed by atoms with van der Waals surface area (Å²) in [5.74, 6) is -0.781. The van der Waals surface area contributed by atoms with E-state index in [4.69, 9.17) is 0 Å². The summed E-state index contributed by atoms with van der Waals surface area (Å²) >= 11 is 0. The molecule has 0 fully saturated rings. The van der Waals surface area contributed by atoms with Crippen LogP contribution < -0.4 is 4.90 Å². The lowest BCUT2D eigenvalue weighted by molar-refractivity contribution is -0.146. The molecule has 0 aromatic heterocycles. The first-order chi connectivity index (χ1) is 13.0. The number of nitrogens with zero attached hydrogens (tertiary/aromatic N) is 2. The Kier molecular flexibility index (Phi) is 4.97. The van der Waals surface area contributed by atoms with Gasteiger partial charge in [0.2, 0.25) is 0 Å². The van der Waals surface area contributed by atoms with E-state index in [1.807, 2.05) is 30.3 Å². The Morgan fingerprint density at radius 2 is 2.00 bits per heavy atom. The molecule has 1 unspecified atom stereocenters. The zero-order valence-corrected chi connectivity index (χ0v) is 17.3. The molecule has 0 radical (unpaired) electrons. The van der Waals surface area contributed by atoms with Gasteiger partial charge in [0.25, 0.3) is 0 Å². The summed E-state index contributed by atoms with van der Waals surface area (Å²) in [5, 5.41) is 18.7. The van der Waals surface area contributed by atoms with Crippen LogP contribution in [0.4, 0.5) is 5.69 Å². The molecular weight excluding hydrogens is 348 g/mol. The maximum Gasteiger partial charge on any atom is 0.309 e. The minimum absolute atomic E-state index is 0.0598. The highest BCUT2D eigenvalue weighted by Gasteiger charge is 2.37. The minimum atomic E-state index is -0.795. The molecule has 3 rings (SSSR count). The highest BCUT2D eigenvalue weighted by atomic mass is 16.4. The summed E-state index contributed by atoms with van der Waals surface area (Å²) in [4.78, 5) is 13.8. The van der Waals surface area contributed by atoms with E-state index in [1.165, 1.54) is 11.1 Å². The number of fused-ring (bicyclic) bond motifs is 1. The highest BCUT2D eigenvalue weighted by Crippen LogP contribution is 2.47. The summed E-state index contributed by atoms with van der Waals surface area (Å²) in [6.07, 6.45) is 1.43. The van der Waals surface area contributed by atoms with Gasteiger partial charge < -0.3 is 10.0 Å².